The van der Waals surface area contributed by atoms with Gasteiger partial charge < -0.3 is 0 Å². The maximum atomic E-state index is 4.78. The van der Waals surface area contributed by atoms with Crippen LogP contribution in [0, 0.1) is 0 Å². The van der Waals surface area contributed by atoms with E-state index >= 15 is 0 Å². The van der Waals surface area contributed by atoms with Gasteiger partial charge >= 0.3 is 29.6 Å². The van der Waals surface area contributed by atoms with Crippen molar-refractivity contribution in [3.8, 4) is 0 Å². The minimum absolute atomic E-state index is 0. The molecule has 1 nitrogen and oxygen atoms in total. The van der Waals surface area contributed by atoms with Crippen molar-refractivity contribution < 1.29 is 0 Å². The Hall–Kier alpha value is 1.40. The predicted molar refractivity (Wildman–Crippen MR) is 32.6 cm³/mol. The fraction of sp³-hybridized carbons (Fsp3) is 0. The van der Waals surface area contributed by atoms with Crippen molar-refractivity contribution in [2.24, 2.45) is 5.14 Å². The molecule has 0 radical (unpaired) electrons. The van der Waals surface area contributed by atoms with Crippen molar-refractivity contribution in [2.75, 3.05) is 0 Å². The van der Waals surface area contributed by atoms with Crippen LogP contribution >= 0.6 is 24.2 Å². The van der Waals surface area contributed by atoms with Crippen molar-refractivity contribution >= 4 is 58.4 Å². The van der Waals surface area contributed by atoms with Crippen LogP contribution in [-0.4, -0.2) is 34.3 Å². The summed E-state index contributed by atoms with van der Waals surface area (Å²) in [4.78, 5) is 0. The maximum absolute atomic E-state index is 4.78. The summed E-state index contributed by atoms with van der Waals surface area (Å²) >= 11 is 5.31. The summed E-state index contributed by atoms with van der Waals surface area (Å²) < 4.78 is 1.40. The van der Waals surface area contributed by atoms with Crippen LogP contribution in [0.5, 0.6) is 0 Å². The molecule has 0 saturated carbocycles. The number of nitrogens with two attached hydrogens (primary N) is 1. The Morgan fingerprint density at radius 1 is 1.80 bits per heavy atom. The van der Waals surface area contributed by atoms with Gasteiger partial charge in [0.2, 0.25) is 0 Å². The number of hydrogen-bond acceptors (Lipinski definition) is 3. The van der Waals surface area contributed by atoms with Crippen LogP contribution in [0.3, 0.4) is 0 Å². The van der Waals surface area contributed by atoms with E-state index in [0.29, 0.717) is 0 Å². The Balaban J connectivity index is 0. The van der Waals surface area contributed by atoms with Crippen LogP contribution < -0.4 is 5.14 Å². The molecule has 0 aliphatic heterocycles. The Kier molecular flexibility index (Phi) is 17.4. The van der Waals surface area contributed by atoms with E-state index < -0.39 is 0 Å². The molecule has 0 aliphatic rings. The second kappa shape index (κ2) is 9.04. The topological polar surface area (TPSA) is 26.0 Å². The fourth-order valence-electron chi connectivity index (χ4n) is 0. The molecule has 0 aliphatic carbocycles. The standard InChI is InChI=1S/CH3NS2.Na.H/c2-4-1-3;;/h1H,2H2;;. The Bertz CT molecular complexity index is 23.6. The van der Waals surface area contributed by atoms with Gasteiger partial charge in [0, 0.05) is 4.70 Å². The molecule has 0 rings (SSSR count). The van der Waals surface area contributed by atoms with E-state index in [2.05, 4.69) is 12.2 Å². The molecule has 0 atom stereocenters. The summed E-state index contributed by atoms with van der Waals surface area (Å²) in [6.45, 7) is 0. The normalized spacial score (nSPS) is 5.00. The quantitative estimate of drug-likeness (QED) is 0.295. The van der Waals surface area contributed by atoms with Crippen molar-refractivity contribution in [3.63, 3.8) is 0 Å². The van der Waals surface area contributed by atoms with E-state index in [4.69, 9.17) is 5.14 Å². The Labute approximate surface area is 63.1 Å². The minimum atomic E-state index is 0. The molecule has 0 aromatic carbocycles. The van der Waals surface area contributed by atoms with Crippen molar-refractivity contribution in [1.82, 2.24) is 0 Å². The molecule has 0 bridgehead atoms. The predicted octanol–water partition coefficient (Wildman–Crippen LogP) is -0.0980. The van der Waals surface area contributed by atoms with Crippen LogP contribution in [0.25, 0.3) is 0 Å². The molecule has 0 unspecified atom stereocenters. The SMILES string of the molecule is NSC=S.[NaH]. The van der Waals surface area contributed by atoms with Crippen LogP contribution in [0.1, 0.15) is 0 Å². The van der Waals surface area contributed by atoms with E-state index in [9.17, 15) is 0 Å². The summed E-state index contributed by atoms with van der Waals surface area (Å²) in [6.07, 6.45) is 0. The van der Waals surface area contributed by atoms with Gasteiger partial charge in [0.15, 0.2) is 0 Å². The third-order valence-electron chi connectivity index (χ3n) is 0.0556. The van der Waals surface area contributed by atoms with Gasteiger partial charge in [-0.05, 0) is 11.9 Å². The zero-order chi connectivity index (χ0) is 3.41. The van der Waals surface area contributed by atoms with Gasteiger partial charge in [-0.3, -0.25) is 5.14 Å². The summed E-state index contributed by atoms with van der Waals surface area (Å²) in [7, 11) is 0. The molecular weight excluding hydrogens is 113 g/mol. The number of thiocarbonyl (C=S) groups is 1. The summed E-state index contributed by atoms with van der Waals surface area (Å²) in [6, 6.07) is 0. The first-order valence-electron chi connectivity index (χ1n) is 0.707. The van der Waals surface area contributed by atoms with Crippen LogP contribution in [0.15, 0.2) is 0 Å². The van der Waals surface area contributed by atoms with Gasteiger partial charge in [-0.1, -0.05) is 12.2 Å². The molecule has 4 heteroatoms. The van der Waals surface area contributed by atoms with Gasteiger partial charge in [-0.15, -0.1) is 0 Å². The first-order valence-corrected chi connectivity index (χ1v) is 2.12. The van der Waals surface area contributed by atoms with Gasteiger partial charge in [0.05, 0.1) is 0 Å². The van der Waals surface area contributed by atoms with Crippen molar-refractivity contribution in [1.29, 1.82) is 0 Å². The second-order valence-electron chi connectivity index (χ2n) is 0.232. The zero-order valence-corrected chi connectivity index (χ0v) is 3.60. The molecule has 0 saturated heterocycles. The first kappa shape index (κ1) is 9.64. The Morgan fingerprint density at radius 2 is 2.00 bits per heavy atom. The summed E-state index contributed by atoms with van der Waals surface area (Å²) in [5, 5.41) is 4.78. The average Bonchev–Trinajstić information content (AvgIpc) is 1.37. The molecule has 0 aromatic heterocycles. The molecule has 0 spiro atoms. The van der Waals surface area contributed by atoms with Crippen molar-refractivity contribution in [2.45, 2.75) is 0 Å². The van der Waals surface area contributed by atoms with Crippen LogP contribution in [0.4, 0.5) is 0 Å². The fourth-order valence-corrected chi connectivity index (χ4v) is 0. The van der Waals surface area contributed by atoms with E-state index in [0.717, 1.165) is 11.9 Å². The molecule has 5 heavy (non-hydrogen) atoms. The molecule has 0 fully saturated rings. The first-order chi connectivity index (χ1) is 1.91. The van der Waals surface area contributed by atoms with Crippen LogP contribution in [-0.2, 0) is 0 Å². The molecule has 0 heterocycles. The third-order valence-corrected chi connectivity index (χ3v) is 0.500. The summed E-state index contributed by atoms with van der Waals surface area (Å²) in [5.74, 6) is 0. The monoisotopic (exact) mass is 117 g/mol. The van der Waals surface area contributed by atoms with Gasteiger partial charge in [0.25, 0.3) is 0 Å². The summed E-state index contributed by atoms with van der Waals surface area (Å²) in [5.41, 5.74) is 0. The van der Waals surface area contributed by atoms with E-state index in [1.807, 2.05) is 0 Å². The molecule has 0 aromatic rings. The molecular formula is CH4NNaS2. The molecule has 0 amide bonds. The van der Waals surface area contributed by atoms with Gasteiger partial charge in [-0.2, -0.15) is 0 Å². The number of hydrogen-bond donors (Lipinski definition) is 1. The third kappa shape index (κ3) is 10.8. The van der Waals surface area contributed by atoms with Crippen LogP contribution in [0.2, 0.25) is 0 Å². The van der Waals surface area contributed by atoms with Gasteiger partial charge in [-0.25, -0.2) is 0 Å². The van der Waals surface area contributed by atoms with E-state index in [1.165, 1.54) is 4.70 Å². The molecule has 2 N–H and O–H groups in total. The van der Waals surface area contributed by atoms with E-state index in [-0.39, 0.29) is 29.6 Å². The van der Waals surface area contributed by atoms with Crippen molar-refractivity contribution in [3.05, 3.63) is 0 Å². The number of rotatable bonds is 1. The zero-order valence-electron chi connectivity index (χ0n) is 1.97. The average molecular weight is 117 g/mol. The Morgan fingerprint density at radius 3 is 2.00 bits per heavy atom. The van der Waals surface area contributed by atoms with Gasteiger partial charge in [0.1, 0.15) is 0 Å². The van der Waals surface area contributed by atoms with E-state index in [1.54, 1.807) is 0 Å². The second-order valence-corrected chi connectivity index (χ2v) is 1.27. The molecule has 26 valence electrons.